The van der Waals surface area contributed by atoms with Crippen molar-refractivity contribution in [2.75, 3.05) is 18.4 Å². The first-order valence-electron chi connectivity index (χ1n) is 9.97. The molecule has 4 rings (SSSR count). The zero-order chi connectivity index (χ0) is 20.6. The Morgan fingerprint density at radius 1 is 1.13 bits per heavy atom. The van der Waals surface area contributed by atoms with Crippen molar-refractivity contribution in [3.8, 4) is 0 Å². The van der Waals surface area contributed by atoms with Crippen molar-refractivity contribution < 1.29 is 4.79 Å². The first-order chi connectivity index (χ1) is 14.8. The van der Waals surface area contributed by atoms with Gasteiger partial charge in [-0.3, -0.25) is 14.8 Å². The summed E-state index contributed by atoms with van der Waals surface area (Å²) in [5, 5.41) is 3.14. The lowest BCUT2D eigenvalue weighted by molar-refractivity contribution is -0.127. The van der Waals surface area contributed by atoms with Crippen molar-refractivity contribution in [2.24, 2.45) is 5.92 Å². The van der Waals surface area contributed by atoms with Gasteiger partial charge in [0.05, 0.1) is 6.20 Å². The lowest BCUT2D eigenvalue weighted by Crippen LogP contribution is -2.39. The fourth-order valence-corrected chi connectivity index (χ4v) is 3.55. The van der Waals surface area contributed by atoms with Crippen LogP contribution < -0.4 is 5.32 Å². The summed E-state index contributed by atoms with van der Waals surface area (Å²) in [4.78, 5) is 35.5. The van der Waals surface area contributed by atoms with Gasteiger partial charge >= 0.3 is 0 Å². The molecule has 3 aromatic rings. The van der Waals surface area contributed by atoms with Gasteiger partial charge in [0.25, 0.3) is 0 Å². The van der Waals surface area contributed by atoms with Gasteiger partial charge in [-0.25, -0.2) is 15.0 Å². The smallest absolute Gasteiger partial charge is 0.246 e. The quantitative estimate of drug-likeness (QED) is 0.634. The van der Waals surface area contributed by atoms with Crippen LogP contribution in [0.5, 0.6) is 0 Å². The Morgan fingerprint density at radius 2 is 2.07 bits per heavy atom. The monoisotopic (exact) mass is 401 g/mol. The highest BCUT2D eigenvalue weighted by molar-refractivity contribution is 5.91. The third-order valence-electron chi connectivity index (χ3n) is 4.97. The fraction of sp³-hybridized carbons (Fsp3) is 0.273. The average Bonchev–Trinajstić information content (AvgIpc) is 2.79. The van der Waals surface area contributed by atoms with Crippen molar-refractivity contribution in [3.05, 3.63) is 72.8 Å². The van der Waals surface area contributed by atoms with Gasteiger partial charge in [0.2, 0.25) is 5.91 Å². The predicted molar refractivity (Wildman–Crippen MR) is 114 cm³/mol. The van der Waals surface area contributed by atoms with E-state index < -0.39 is 0 Å². The van der Waals surface area contributed by atoms with Crippen molar-refractivity contribution >= 4 is 23.6 Å². The minimum Gasteiger partial charge on any atom is -0.339 e. The van der Waals surface area contributed by atoms with Crippen molar-refractivity contribution in [3.63, 3.8) is 0 Å². The summed E-state index contributed by atoms with van der Waals surface area (Å²) in [5.74, 6) is 1.73. The fourth-order valence-electron chi connectivity index (χ4n) is 3.55. The molecule has 3 aromatic heterocycles. The van der Waals surface area contributed by atoms with Gasteiger partial charge in [-0.05, 0) is 42.9 Å². The van der Waals surface area contributed by atoms with Crippen LogP contribution in [-0.4, -0.2) is 48.8 Å². The van der Waals surface area contributed by atoms with E-state index in [2.05, 4.69) is 30.2 Å². The number of amides is 1. The number of hydrogen-bond acceptors (Lipinski definition) is 7. The first-order valence-corrected chi connectivity index (χ1v) is 9.97. The number of nitrogens with zero attached hydrogens (tertiary/aromatic N) is 6. The molecule has 0 aromatic carbocycles. The van der Waals surface area contributed by atoms with E-state index in [4.69, 9.17) is 0 Å². The normalized spacial score (nSPS) is 16.5. The molecule has 0 bridgehead atoms. The van der Waals surface area contributed by atoms with Crippen LogP contribution in [0.2, 0.25) is 0 Å². The molecule has 1 aliphatic heterocycles. The molecule has 1 saturated heterocycles. The molecule has 1 fully saturated rings. The van der Waals surface area contributed by atoms with Gasteiger partial charge in [-0.15, -0.1) is 0 Å². The minimum absolute atomic E-state index is 0.0382. The molecule has 0 unspecified atom stereocenters. The molecule has 8 heteroatoms. The molecule has 1 N–H and O–H groups in total. The number of carbonyl (C=O) groups excluding carboxylic acids is 1. The predicted octanol–water partition coefficient (Wildman–Crippen LogP) is 2.90. The summed E-state index contributed by atoms with van der Waals surface area (Å²) in [6.07, 6.45) is 16.2. The third-order valence-corrected chi connectivity index (χ3v) is 4.97. The number of anilines is 2. The van der Waals surface area contributed by atoms with Gasteiger partial charge in [-0.2, -0.15) is 0 Å². The Kier molecular flexibility index (Phi) is 6.34. The Balaban J connectivity index is 1.35. The van der Waals surface area contributed by atoms with Crippen LogP contribution in [0.4, 0.5) is 11.6 Å². The van der Waals surface area contributed by atoms with Gasteiger partial charge < -0.3 is 10.2 Å². The van der Waals surface area contributed by atoms with Gasteiger partial charge in [0, 0.05) is 55.7 Å². The Bertz CT molecular complexity index is 995. The van der Waals surface area contributed by atoms with Crippen molar-refractivity contribution in [2.45, 2.75) is 19.3 Å². The molecule has 1 atom stereocenters. The molecular weight excluding hydrogens is 378 g/mol. The summed E-state index contributed by atoms with van der Waals surface area (Å²) < 4.78 is 0. The molecule has 0 saturated carbocycles. The summed E-state index contributed by atoms with van der Waals surface area (Å²) >= 11 is 0. The number of pyridine rings is 1. The highest BCUT2D eigenvalue weighted by Gasteiger charge is 2.23. The van der Waals surface area contributed by atoms with Gasteiger partial charge in [0.1, 0.15) is 18.0 Å². The molecule has 8 nitrogen and oxygen atoms in total. The Labute approximate surface area is 175 Å². The molecule has 0 spiro atoms. The minimum atomic E-state index is 0.0382. The highest BCUT2D eigenvalue weighted by atomic mass is 16.2. The van der Waals surface area contributed by atoms with E-state index in [0.29, 0.717) is 17.6 Å². The van der Waals surface area contributed by atoms with E-state index in [-0.39, 0.29) is 5.91 Å². The number of likely N-dealkylation sites (tertiary alicyclic amines) is 1. The van der Waals surface area contributed by atoms with E-state index in [1.54, 1.807) is 43.4 Å². The molecule has 4 heterocycles. The maximum absolute atomic E-state index is 12.6. The zero-order valence-corrected chi connectivity index (χ0v) is 16.6. The van der Waals surface area contributed by atoms with E-state index in [1.165, 1.54) is 0 Å². The molecule has 152 valence electrons. The second-order valence-electron chi connectivity index (χ2n) is 7.23. The highest BCUT2D eigenvalue weighted by Crippen LogP contribution is 2.22. The van der Waals surface area contributed by atoms with Crippen molar-refractivity contribution in [1.29, 1.82) is 0 Å². The van der Waals surface area contributed by atoms with Crippen LogP contribution in [0.25, 0.3) is 6.08 Å². The molecule has 0 aliphatic carbocycles. The van der Waals surface area contributed by atoms with E-state index in [1.807, 2.05) is 29.2 Å². The number of carbonyl (C=O) groups is 1. The van der Waals surface area contributed by atoms with E-state index in [9.17, 15) is 4.79 Å². The van der Waals surface area contributed by atoms with E-state index in [0.717, 1.165) is 43.6 Å². The van der Waals surface area contributed by atoms with Crippen LogP contribution in [0, 0.1) is 5.92 Å². The largest absolute Gasteiger partial charge is 0.339 e. The molecule has 0 radical (unpaired) electrons. The summed E-state index contributed by atoms with van der Waals surface area (Å²) in [5.41, 5.74) is 1.87. The molecular formula is C22H23N7O. The molecule has 1 aliphatic rings. The van der Waals surface area contributed by atoms with Gasteiger partial charge in [0.15, 0.2) is 0 Å². The van der Waals surface area contributed by atoms with Gasteiger partial charge in [-0.1, -0.05) is 6.07 Å². The maximum Gasteiger partial charge on any atom is 0.246 e. The summed E-state index contributed by atoms with van der Waals surface area (Å²) in [6, 6.07) is 5.71. The molecule has 30 heavy (non-hydrogen) atoms. The summed E-state index contributed by atoms with van der Waals surface area (Å²) in [7, 11) is 0. The third kappa shape index (κ3) is 5.44. The van der Waals surface area contributed by atoms with E-state index >= 15 is 0 Å². The van der Waals surface area contributed by atoms with Crippen LogP contribution in [0.15, 0.2) is 61.6 Å². The topological polar surface area (TPSA) is 96.8 Å². The second kappa shape index (κ2) is 9.69. The lowest BCUT2D eigenvalue weighted by Gasteiger charge is -2.32. The number of piperidine rings is 1. The molecule has 1 amide bonds. The van der Waals surface area contributed by atoms with Crippen LogP contribution in [-0.2, 0) is 11.2 Å². The number of aromatic nitrogens is 5. The first kappa shape index (κ1) is 19.6. The number of rotatable bonds is 6. The lowest BCUT2D eigenvalue weighted by atomic mass is 9.93. The number of hydrogen-bond donors (Lipinski definition) is 1. The van der Waals surface area contributed by atoms with Crippen LogP contribution in [0.1, 0.15) is 24.1 Å². The van der Waals surface area contributed by atoms with Crippen LogP contribution in [0.3, 0.4) is 0 Å². The standard InChI is InChI=1S/C22H23N7O/c30-22(6-5-17-3-1-7-23-13-17)29-10-2-4-18(15-29)11-19-12-20(27-16-26-19)28-21-14-24-8-9-25-21/h1,3,5-9,12-14,16,18H,2,4,10-11,15H2,(H,25,26,27,28)/b6-5+/t18-/m0/s1. The summed E-state index contributed by atoms with van der Waals surface area (Å²) in [6.45, 7) is 1.52. The Hall–Kier alpha value is -3.68. The SMILES string of the molecule is O=C(/C=C/c1cccnc1)N1CCC[C@@H](Cc2cc(Nc3cnccn3)ncn2)C1. The average molecular weight is 401 g/mol. The number of nitrogens with one attached hydrogen (secondary N) is 1. The van der Waals surface area contributed by atoms with Crippen molar-refractivity contribution in [1.82, 2.24) is 29.8 Å². The maximum atomic E-state index is 12.6. The Morgan fingerprint density at radius 3 is 2.90 bits per heavy atom. The van der Waals surface area contributed by atoms with Crippen LogP contribution >= 0.6 is 0 Å². The zero-order valence-electron chi connectivity index (χ0n) is 16.6. The second-order valence-corrected chi connectivity index (χ2v) is 7.23.